The molecule has 1 amide bonds. The van der Waals surface area contributed by atoms with Crippen molar-refractivity contribution in [3.05, 3.63) is 23.8 Å². The van der Waals surface area contributed by atoms with Crippen LogP contribution >= 0.6 is 0 Å². The number of nitrogens with one attached hydrogen (secondary N) is 1. The van der Waals surface area contributed by atoms with E-state index in [1.807, 2.05) is 17.0 Å². The molecule has 0 unspecified atom stereocenters. The van der Waals surface area contributed by atoms with Gasteiger partial charge < -0.3 is 19.7 Å². The predicted molar refractivity (Wildman–Crippen MR) is 103 cm³/mol. The molecule has 1 aliphatic heterocycles. The van der Waals surface area contributed by atoms with Crippen LogP contribution in [0.25, 0.3) is 0 Å². The molecule has 0 radical (unpaired) electrons. The quantitative estimate of drug-likeness (QED) is 0.810. The second-order valence-electron chi connectivity index (χ2n) is 7.70. The highest BCUT2D eigenvalue weighted by Crippen LogP contribution is 2.29. The summed E-state index contributed by atoms with van der Waals surface area (Å²) in [6.07, 6.45) is 7.35. The van der Waals surface area contributed by atoms with Gasteiger partial charge in [0.1, 0.15) is 0 Å². The van der Waals surface area contributed by atoms with Gasteiger partial charge in [-0.3, -0.25) is 4.79 Å². The molecular formula is C21H32N2O3. The first kappa shape index (κ1) is 19.0. The highest BCUT2D eigenvalue weighted by Gasteiger charge is 2.19. The Bertz CT molecular complexity index is 591. The van der Waals surface area contributed by atoms with Gasteiger partial charge in [0, 0.05) is 25.7 Å². The van der Waals surface area contributed by atoms with E-state index in [9.17, 15) is 4.79 Å². The van der Waals surface area contributed by atoms with Crippen molar-refractivity contribution >= 4 is 5.91 Å². The van der Waals surface area contributed by atoms with E-state index in [1.165, 1.54) is 31.2 Å². The van der Waals surface area contributed by atoms with E-state index in [4.69, 9.17) is 9.47 Å². The van der Waals surface area contributed by atoms with E-state index >= 15 is 0 Å². The molecule has 1 N–H and O–H groups in total. The van der Waals surface area contributed by atoms with Crippen LogP contribution in [0.5, 0.6) is 11.5 Å². The molecule has 5 nitrogen and oxygen atoms in total. The van der Waals surface area contributed by atoms with E-state index < -0.39 is 0 Å². The predicted octanol–water partition coefficient (Wildman–Crippen LogP) is 3.36. The first-order valence-corrected chi connectivity index (χ1v) is 9.96. The number of carbonyl (C=O) groups is 1. The van der Waals surface area contributed by atoms with Crippen LogP contribution in [0.2, 0.25) is 0 Å². The lowest BCUT2D eigenvalue weighted by Gasteiger charge is -2.27. The number of likely N-dealkylation sites (tertiary alicyclic amines) is 1. The molecule has 0 bridgehead atoms. The Morgan fingerprint density at radius 3 is 2.58 bits per heavy atom. The number of rotatable bonds is 7. The van der Waals surface area contributed by atoms with Gasteiger partial charge in [-0.2, -0.15) is 0 Å². The number of amides is 1. The van der Waals surface area contributed by atoms with Crippen molar-refractivity contribution in [3.63, 3.8) is 0 Å². The summed E-state index contributed by atoms with van der Waals surface area (Å²) in [5, 5.41) is 3.66. The number of nitrogens with zero attached hydrogens (tertiary/aromatic N) is 1. The van der Waals surface area contributed by atoms with Gasteiger partial charge in [0.25, 0.3) is 5.91 Å². The van der Waals surface area contributed by atoms with Gasteiger partial charge in [0.2, 0.25) is 0 Å². The van der Waals surface area contributed by atoms with Crippen molar-refractivity contribution in [1.82, 2.24) is 10.2 Å². The number of benzene rings is 1. The van der Waals surface area contributed by atoms with Crippen LogP contribution in [0.4, 0.5) is 0 Å². The van der Waals surface area contributed by atoms with E-state index in [0.29, 0.717) is 17.5 Å². The standard InChI is InChI=1S/C21H32N2O3/c1-16-5-8-18(9-6-16)22-14-17-7-10-19(20(13-17)25-2)26-15-21(24)23-11-3-4-12-23/h7,10,13,16,18,22H,3-6,8-9,11-12,14-15H2,1-2H3. The van der Waals surface area contributed by atoms with Crippen LogP contribution in [-0.2, 0) is 11.3 Å². The smallest absolute Gasteiger partial charge is 0.260 e. The molecule has 0 atom stereocenters. The molecule has 5 heteroatoms. The van der Waals surface area contributed by atoms with Gasteiger partial charge >= 0.3 is 0 Å². The fraction of sp³-hybridized carbons (Fsp3) is 0.667. The van der Waals surface area contributed by atoms with Gasteiger partial charge in [-0.05, 0) is 62.1 Å². The average molecular weight is 360 g/mol. The molecule has 144 valence electrons. The van der Waals surface area contributed by atoms with E-state index in [2.05, 4.69) is 18.3 Å². The fourth-order valence-corrected chi connectivity index (χ4v) is 3.86. The number of carbonyl (C=O) groups excluding carboxylic acids is 1. The van der Waals surface area contributed by atoms with Crippen molar-refractivity contribution in [2.24, 2.45) is 5.92 Å². The molecule has 26 heavy (non-hydrogen) atoms. The molecule has 2 fully saturated rings. The number of methoxy groups -OCH3 is 1. The third kappa shape index (κ3) is 5.13. The summed E-state index contributed by atoms with van der Waals surface area (Å²) in [4.78, 5) is 14.0. The second kappa shape index (κ2) is 9.26. The molecule has 1 aliphatic carbocycles. The van der Waals surface area contributed by atoms with Gasteiger partial charge in [-0.15, -0.1) is 0 Å². The SMILES string of the molecule is COc1cc(CNC2CCC(C)CC2)ccc1OCC(=O)N1CCCC1. The van der Waals surface area contributed by atoms with E-state index in [1.54, 1.807) is 7.11 Å². The molecule has 0 spiro atoms. The normalized spacial score (nSPS) is 23.1. The van der Waals surface area contributed by atoms with Crippen LogP contribution in [0.15, 0.2) is 18.2 Å². The zero-order valence-electron chi connectivity index (χ0n) is 16.1. The molecular weight excluding hydrogens is 328 g/mol. The Hall–Kier alpha value is -1.75. The first-order valence-electron chi connectivity index (χ1n) is 9.96. The maximum absolute atomic E-state index is 12.1. The van der Waals surface area contributed by atoms with Crippen molar-refractivity contribution < 1.29 is 14.3 Å². The third-order valence-corrected chi connectivity index (χ3v) is 5.65. The van der Waals surface area contributed by atoms with Crippen LogP contribution in [-0.4, -0.2) is 43.7 Å². The molecule has 1 aromatic carbocycles. The Morgan fingerprint density at radius 2 is 1.88 bits per heavy atom. The van der Waals surface area contributed by atoms with Gasteiger partial charge in [-0.1, -0.05) is 13.0 Å². The summed E-state index contributed by atoms with van der Waals surface area (Å²) in [5.41, 5.74) is 1.18. The molecule has 2 aliphatic rings. The average Bonchev–Trinajstić information content (AvgIpc) is 3.21. The third-order valence-electron chi connectivity index (χ3n) is 5.65. The van der Waals surface area contributed by atoms with Crippen molar-refractivity contribution in [2.45, 2.75) is 58.0 Å². The molecule has 0 aromatic heterocycles. The van der Waals surface area contributed by atoms with Crippen molar-refractivity contribution in [2.75, 3.05) is 26.8 Å². The highest BCUT2D eigenvalue weighted by molar-refractivity contribution is 5.78. The monoisotopic (exact) mass is 360 g/mol. The summed E-state index contributed by atoms with van der Waals surface area (Å²) >= 11 is 0. The minimum atomic E-state index is 0.0572. The Balaban J connectivity index is 1.51. The van der Waals surface area contributed by atoms with Gasteiger partial charge in [0.05, 0.1) is 7.11 Å². The summed E-state index contributed by atoms with van der Waals surface area (Å²) in [5.74, 6) is 2.25. The number of ether oxygens (including phenoxy) is 2. The van der Waals surface area contributed by atoms with Gasteiger partial charge in [0.15, 0.2) is 18.1 Å². The van der Waals surface area contributed by atoms with E-state index in [0.717, 1.165) is 38.4 Å². The van der Waals surface area contributed by atoms with Crippen LogP contribution in [0, 0.1) is 5.92 Å². The fourth-order valence-electron chi connectivity index (χ4n) is 3.86. The zero-order valence-corrected chi connectivity index (χ0v) is 16.1. The summed E-state index contributed by atoms with van der Waals surface area (Å²) in [7, 11) is 1.64. The Morgan fingerprint density at radius 1 is 1.15 bits per heavy atom. The van der Waals surface area contributed by atoms with Crippen LogP contribution < -0.4 is 14.8 Å². The van der Waals surface area contributed by atoms with E-state index in [-0.39, 0.29) is 12.5 Å². The Labute approximate surface area is 157 Å². The lowest BCUT2D eigenvalue weighted by atomic mass is 9.87. The summed E-state index contributed by atoms with van der Waals surface area (Å²) < 4.78 is 11.2. The van der Waals surface area contributed by atoms with Crippen molar-refractivity contribution in [3.8, 4) is 11.5 Å². The molecule has 1 saturated heterocycles. The van der Waals surface area contributed by atoms with Crippen LogP contribution in [0.3, 0.4) is 0 Å². The zero-order chi connectivity index (χ0) is 18.4. The molecule has 1 heterocycles. The molecule has 1 saturated carbocycles. The Kier molecular flexibility index (Phi) is 6.78. The maximum atomic E-state index is 12.1. The molecule has 1 aromatic rings. The minimum Gasteiger partial charge on any atom is -0.493 e. The highest BCUT2D eigenvalue weighted by atomic mass is 16.5. The number of hydrogen-bond acceptors (Lipinski definition) is 4. The lowest BCUT2D eigenvalue weighted by molar-refractivity contribution is -0.132. The maximum Gasteiger partial charge on any atom is 0.260 e. The summed E-state index contributed by atoms with van der Waals surface area (Å²) in [6.45, 7) is 4.96. The van der Waals surface area contributed by atoms with Crippen molar-refractivity contribution in [1.29, 1.82) is 0 Å². The first-order chi connectivity index (χ1) is 12.7. The second-order valence-corrected chi connectivity index (χ2v) is 7.70. The lowest BCUT2D eigenvalue weighted by Crippen LogP contribution is -2.32. The molecule has 3 rings (SSSR count). The van der Waals surface area contributed by atoms with Crippen LogP contribution in [0.1, 0.15) is 51.0 Å². The number of hydrogen-bond donors (Lipinski definition) is 1. The minimum absolute atomic E-state index is 0.0572. The topological polar surface area (TPSA) is 50.8 Å². The largest absolute Gasteiger partial charge is 0.493 e. The van der Waals surface area contributed by atoms with Gasteiger partial charge in [-0.25, -0.2) is 0 Å². The summed E-state index contributed by atoms with van der Waals surface area (Å²) in [6, 6.07) is 6.59.